The summed E-state index contributed by atoms with van der Waals surface area (Å²) in [6.07, 6.45) is 3.99. The normalized spacial score (nSPS) is 15.8. The van der Waals surface area contributed by atoms with E-state index in [2.05, 4.69) is 11.4 Å². The topological polar surface area (TPSA) is 49.3 Å². The summed E-state index contributed by atoms with van der Waals surface area (Å²) >= 11 is 0. The molecular formula is C31H32F3NO2. The quantitative estimate of drug-likeness (QED) is 0.345. The molecule has 1 aliphatic rings. The second-order valence-electron chi connectivity index (χ2n) is 10.1. The maximum absolute atomic E-state index is 14.7. The first-order valence-electron chi connectivity index (χ1n) is 12.6. The van der Waals surface area contributed by atoms with Crippen LogP contribution < -0.4 is 5.32 Å². The molecule has 1 amide bonds. The lowest BCUT2D eigenvalue weighted by molar-refractivity contribution is 0.0829. The summed E-state index contributed by atoms with van der Waals surface area (Å²) in [5, 5.41) is 14.2. The number of aliphatic hydroxyl groups is 1. The lowest BCUT2D eigenvalue weighted by Gasteiger charge is -2.26. The van der Waals surface area contributed by atoms with E-state index in [4.69, 9.17) is 0 Å². The number of aryl methyl sites for hydroxylation is 1. The van der Waals surface area contributed by atoms with Crippen LogP contribution in [0, 0.1) is 5.82 Å². The lowest BCUT2D eigenvalue weighted by atomic mass is 9.92. The summed E-state index contributed by atoms with van der Waals surface area (Å²) < 4.78 is 42.5. The Bertz CT molecular complexity index is 1260. The number of amides is 1. The number of fused-ring (bicyclic) bond motifs is 1. The molecule has 0 saturated carbocycles. The minimum absolute atomic E-state index is 0.155. The molecule has 0 aliphatic heterocycles. The molecule has 0 bridgehead atoms. The number of nitrogens with one attached hydrogen (secondary N) is 1. The first kappa shape index (κ1) is 26.7. The molecule has 3 nitrogen and oxygen atoms in total. The highest BCUT2D eigenvalue weighted by molar-refractivity contribution is 5.98. The van der Waals surface area contributed by atoms with Crippen LogP contribution in [0.25, 0.3) is 6.08 Å². The monoisotopic (exact) mass is 507 g/mol. The molecule has 37 heavy (non-hydrogen) atoms. The predicted octanol–water partition coefficient (Wildman–Crippen LogP) is 7.01. The highest BCUT2D eigenvalue weighted by Gasteiger charge is 2.31. The standard InChI is InChI=1S/C31H32F3NO2/c1-31(2,34)29(33)23-11-6-8-20(18-23)19-27(28(36)22-14-16-24(32)17-15-22)35-30(37)26-13-7-10-21-9-4-3-5-12-25(21)26/h5-8,10-18,27-29,36H,3-4,9,19H2,1-2H3,(H,35,37). The van der Waals surface area contributed by atoms with Gasteiger partial charge in [0, 0.05) is 5.56 Å². The number of hydrogen-bond donors (Lipinski definition) is 2. The Balaban J connectivity index is 1.65. The maximum Gasteiger partial charge on any atom is 0.252 e. The van der Waals surface area contributed by atoms with Crippen molar-refractivity contribution in [2.45, 2.75) is 63.5 Å². The van der Waals surface area contributed by atoms with Crippen molar-refractivity contribution in [3.63, 3.8) is 0 Å². The van der Waals surface area contributed by atoms with Gasteiger partial charge in [0.05, 0.1) is 12.1 Å². The molecular weight excluding hydrogens is 475 g/mol. The zero-order chi connectivity index (χ0) is 26.6. The zero-order valence-corrected chi connectivity index (χ0v) is 21.1. The number of halogens is 3. The van der Waals surface area contributed by atoms with Crippen LogP contribution in [0.2, 0.25) is 0 Å². The Labute approximate surface area is 216 Å². The maximum atomic E-state index is 14.7. The van der Waals surface area contributed by atoms with Gasteiger partial charge in [-0.3, -0.25) is 4.79 Å². The largest absolute Gasteiger partial charge is 0.386 e. The van der Waals surface area contributed by atoms with Crippen molar-refractivity contribution < 1.29 is 23.1 Å². The van der Waals surface area contributed by atoms with Crippen molar-refractivity contribution in [2.75, 3.05) is 0 Å². The molecule has 0 radical (unpaired) electrons. The second-order valence-corrected chi connectivity index (χ2v) is 10.1. The van der Waals surface area contributed by atoms with Crippen LogP contribution in [0.4, 0.5) is 13.2 Å². The summed E-state index contributed by atoms with van der Waals surface area (Å²) in [5.74, 6) is -0.787. The first-order valence-corrected chi connectivity index (χ1v) is 12.6. The Kier molecular flexibility index (Phi) is 8.18. The van der Waals surface area contributed by atoms with E-state index >= 15 is 0 Å². The van der Waals surface area contributed by atoms with E-state index in [-0.39, 0.29) is 17.9 Å². The van der Waals surface area contributed by atoms with E-state index < -0.39 is 29.8 Å². The van der Waals surface area contributed by atoms with Gasteiger partial charge >= 0.3 is 0 Å². The third kappa shape index (κ3) is 6.50. The fourth-order valence-corrected chi connectivity index (χ4v) is 4.75. The molecule has 194 valence electrons. The highest BCUT2D eigenvalue weighted by Crippen LogP contribution is 2.33. The third-order valence-corrected chi connectivity index (χ3v) is 6.75. The number of carbonyl (C=O) groups excluding carboxylic acids is 1. The smallest absolute Gasteiger partial charge is 0.252 e. The van der Waals surface area contributed by atoms with Crippen LogP contribution in [0.3, 0.4) is 0 Å². The van der Waals surface area contributed by atoms with Crippen LogP contribution in [0.1, 0.15) is 77.1 Å². The molecule has 0 heterocycles. The van der Waals surface area contributed by atoms with E-state index in [1.165, 1.54) is 44.2 Å². The number of hydrogen-bond acceptors (Lipinski definition) is 2. The average molecular weight is 508 g/mol. The molecule has 3 aromatic carbocycles. The summed E-state index contributed by atoms with van der Waals surface area (Å²) in [6, 6.07) is 16.7. The lowest BCUT2D eigenvalue weighted by Crippen LogP contribution is -2.41. The van der Waals surface area contributed by atoms with Gasteiger partial charge in [-0.15, -0.1) is 0 Å². The molecule has 3 unspecified atom stereocenters. The van der Waals surface area contributed by atoms with Crippen LogP contribution in [-0.4, -0.2) is 22.7 Å². The summed E-state index contributed by atoms with van der Waals surface area (Å²) in [4.78, 5) is 13.5. The number of allylic oxidation sites excluding steroid dienone is 1. The van der Waals surface area contributed by atoms with Crippen molar-refractivity contribution in [1.82, 2.24) is 5.32 Å². The van der Waals surface area contributed by atoms with E-state index in [0.29, 0.717) is 16.7 Å². The highest BCUT2D eigenvalue weighted by atomic mass is 19.2. The number of carbonyl (C=O) groups is 1. The molecule has 1 aliphatic carbocycles. The molecule has 0 spiro atoms. The molecule has 6 heteroatoms. The van der Waals surface area contributed by atoms with Crippen molar-refractivity contribution in [1.29, 1.82) is 0 Å². The van der Waals surface area contributed by atoms with Gasteiger partial charge < -0.3 is 10.4 Å². The minimum atomic E-state index is -2.06. The Morgan fingerprint density at radius 2 is 1.78 bits per heavy atom. The molecule has 4 rings (SSSR count). The first-order chi connectivity index (χ1) is 17.6. The molecule has 0 fully saturated rings. The second kappa shape index (κ2) is 11.3. The fourth-order valence-electron chi connectivity index (χ4n) is 4.75. The Morgan fingerprint density at radius 3 is 2.51 bits per heavy atom. The van der Waals surface area contributed by atoms with Gasteiger partial charge in [-0.25, -0.2) is 13.2 Å². The minimum Gasteiger partial charge on any atom is -0.386 e. The number of alkyl halides is 2. The predicted molar refractivity (Wildman–Crippen MR) is 140 cm³/mol. The van der Waals surface area contributed by atoms with Crippen molar-refractivity contribution in [3.05, 3.63) is 112 Å². The van der Waals surface area contributed by atoms with E-state index in [1.807, 2.05) is 18.2 Å². The van der Waals surface area contributed by atoms with E-state index in [9.17, 15) is 23.1 Å². The molecule has 3 atom stereocenters. The Morgan fingerprint density at radius 1 is 1.05 bits per heavy atom. The molecule has 0 saturated heterocycles. The third-order valence-electron chi connectivity index (χ3n) is 6.75. The van der Waals surface area contributed by atoms with Gasteiger partial charge in [0.15, 0.2) is 6.17 Å². The van der Waals surface area contributed by atoms with E-state index in [0.717, 1.165) is 30.4 Å². The van der Waals surface area contributed by atoms with Crippen LogP contribution >= 0.6 is 0 Å². The van der Waals surface area contributed by atoms with Gasteiger partial charge in [-0.05, 0) is 85.5 Å². The van der Waals surface area contributed by atoms with Gasteiger partial charge in [0.25, 0.3) is 5.91 Å². The van der Waals surface area contributed by atoms with Gasteiger partial charge in [0.1, 0.15) is 11.5 Å². The van der Waals surface area contributed by atoms with Crippen molar-refractivity contribution in [3.8, 4) is 0 Å². The van der Waals surface area contributed by atoms with Gasteiger partial charge in [-0.2, -0.15) is 0 Å². The number of aliphatic hydroxyl groups excluding tert-OH is 1. The average Bonchev–Trinajstić information content (AvgIpc) is 3.13. The van der Waals surface area contributed by atoms with Gasteiger partial charge in [0.2, 0.25) is 0 Å². The van der Waals surface area contributed by atoms with Gasteiger partial charge in [-0.1, -0.05) is 60.7 Å². The zero-order valence-electron chi connectivity index (χ0n) is 21.1. The molecule has 2 N–H and O–H groups in total. The Hall–Kier alpha value is -3.38. The molecule has 0 aromatic heterocycles. The number of rotatable bonds is 8. The SMILES string of the molecule is CC(C)(F)C(F)c1cccc(CC(NC(=O)c2cccc3c2C=CCCC3)C(O)c2ccc(F)cc2)c1. The fraction of sp³-hybridized carbons (Fsp3) is 0.323. The van der Waals surface area contributed by atoms with Crippen LogP contribution in [0.15, 0.2) is 72.8 Å². The summed E-state index contributed by atoms with van der Waals surface area (Å²) in [7, 11) is 0. The van der Waals surface area contributed by atoms with Crippen molar-refractivity contribution >= 4 is 12.0 Å². The van der Waals surface area contributed by atoms with Crippen LogP contribution in [-0.2, 0) is 12.8 Å². The molecule has 3 aromatic rings. The number of benzene rings is 3. The van der Waals surface area contributed by atoms with E-state index in [1.54, 1.807) is 24.3 Å². The van der Waals surface area contributed by atoms with Crippen LogP contribution in [0.5, 0.6) is 0 Å². The summed E-state index contributed by atoms with van der Waals surface area (Å²) in [6.45, 7) is 2.37. The van der Waals surface area contributed by atoms with Crippen molar-refractivity contribution in [2.24, 2.45) is 0 Å². The summed E-state index contributed by atoms with van der Waals surface area (Å²) in [5.41, 5.74) is 1.64.